The molecule has 1 heterocycles. The van der Waals surface area contributed by atoms with Gasteiger partial charge in [-0.25, -0.2) is 9.13 Å². The van der Waals surface area contributed by atoms with Gasteiger partial charge in [0.25, 0.3) is 5.82 Å². The lowest BCUT2D eigenvalue weighted by Gasteiger charge is -2.05. The van der Waals surface area contributed by atoms with E-state index in [4.69, 9.17) is 0 Å². The number of rotatable bonds is 36. The molecule has 2 heteroatoms. The van der Waals surface area contributed by atoms with E-state index in [0.29, 0.717) is 0 Å². The molecule has 2 nitrogen and oxygen atoms in total. The summed E-state index contributed by atoms with van der Waals surface area (Å²) in [6, 6.07) is 0. The van der Waals surface area contributed by atoms with E-state index in [9.17, 15) is 0 Å². The minimum Gasteiger partial charge on any atom is -0.237 e. The molecular weight excluding hydrogens is 532 g/mol. The maximum Gasteiger partial charge on any atom is 0.256 e. The summed E-state index contributed by atoms with van der Waals surface area (Å²) in [4.78, 5) is 0. The molecule has 1 aromatic rings. The molecule has 0 aliphatic heterocycles. The third kappa shape index (κ3) is 26.4. The maximum atomic E-state index is 2.55. The van der Waals surface area contributed by atoms with Crippen molar-refractivity contribution in [3.8, 4) is 0 Å². The molecule has 0 bridgehead atoms. The third-order valence-electron chi connectivity index (χ3n) is 10.2. The summed E-state index contributed by atoms with van der Waals surface area (Å²) < 4.78 is 4.93. The Morgan fingerprint density at radius 3 is 0.977 bits per heavy atom. The minimum atomic E-state index is 1.22. The summed E-state index contributed by atoms with van der Waals surface area (Å²) >= 11 is 0. The third-order valence-corrected chi connectivity index (χ3v) is 10.2. The Bertz CT molecular complexity index is 677. The molecule has 0 saturated carbocycles. The Hall–Kier alpha value is -0.790. The van der Waals surface area contributed by atoms with Gasteiger partial charge in [-0.15, -0.1) is 0 Å². The van der Waals surface area contributed by atoms with E-state index >= 15 is 0 Å². The van der Waals surface area contributed by atoms with Crippen molar-refractivity contribution in [2.75, 3.05) is 0 Å². The number of aryl methyl sites for hydroxylation is 2. The van der Waals surface area contributed by atoms with Crippen LogP contribution in [-0.2, 0) is 20.0 Å². The van der Waals surface area contributed by atoms with E-state index in [0.717, 1.165) is 0 Å². The first-order chi connectivity index (χ1) is 21.8. The molecule has 0 aliphatic carbocycles. The predicted molar refractivity (Wildman–Crippen MR) is 198 cm³/mol. The summed E-state index contributed by atoms with van der Waals surface area (Å²) in [5.41, 5.74) is 0. The lowest BCUT2D eigenvalue weighted by molar-refractivity contribution is -0.704. The molecular formula is C42H83N2+. The van der Waals surface area contributed by atoms with Gasteiger partial charge in [0.2, 0.25) is 0 Å². The van der Waals surface area contributed by atoms with Gasteiger partial charge in [-0.05, 0) is 19.3 Å². The Balaban J connectivity index is 1.87. The van der Waals surface area contributed by atoms with Crippen molar-refractivity contribution in [1.29, 1.82) is 0 Å². The highest BCUT2D eigenvalue weighted by Crippen LogP contribution is 2.16. The van der Waals surface area contributed by atoms with E-state index in [2.05, 4.69) is 42.4 Å². The number of hydrogen-bond donors (Lipinski definition) is 0. The van der Waals surface area contributed by atoms with Crippen molar-refractivity contribution in [1.82, 2.24) is 4.57 Å². The van der Waals surface area contributed by atoms with Crippen LogP contribution in [0.5, 0.6) is 0 Å². The first-order valence-corrected chi connectivity index (χ1v) is 20.8. The average Bonchev–Trinajstić information content (AvgIpc) is 3.38. The predicted octanol–water partition coefficient (Wildman–Crippen LogP) is 14.2. The Morgan fingerprint density at radius 2 is 0.659 bits per heavy atom. The van der Waals surface area contributed by atoms with Gasteiger partial charge in [0.1, 0.15) is 12.4 Å². The normalized spacial score (nSPS) is 11.6. The van der Waals surface area contributed by atoms with E-state index in [1.165, 1.54) is 231 Å². The highest BCUT2D eigenvalue weighted by atomic mass is 15.1. The molecule has 0 spiro atoms. The van der Waals surface area contributed by atoms with Crippen LogP contribution in [0.4, 0.5) is 0 Å². The summed E-state index contributed by atoms with van der Waals surface area (Å²) in [6.45, 7) is 5.83. The van der Waals surface area contributed by atoms with Crippen LogP contribution in [0.15, 0.2) is 12.4 Å². The molecule has 0 N–H and O–H groups in total. The highest BCUT2D eigenvalue weighted by Gasteiger charge is 2.13. The minimum absolute atomic E-state index is 1.22. The zero-order valence-corrected chi connectivity index (χ0v) is 31.0. The van der Waals surface area contributed by atoms with Crippen LogP contribution < -0.4 is 4.57 Å². The van der Waals surface area contributed by atoms with Gasteiger partial charge in [0, 0.05) is 6.42 Å². The maximum absolute atomic E-state index is 2.55. The van der Waals surface area contributed by atoms with E-state index in [1.807, 2.05) is 0 Å². The van der Waals surface area contributed by atoms with Crippen molar-refractivity contribution in [2.45, 2.75) is 245 Å². The van der Waals surface area contributed by atoms with Gasteiger partial charge in [-0.3, -0.25) is 0 Å². The molecule has 1 aromatic heterocycles. The Morgan fingerprint density at radius 1 is 0.386 bits per heavy atom. The first-order valence-electron chi connectivity index (χ1n) is 20.8. The molecule has 0 radical (unpaired) electrons. The summed E-state index contributed by atoms with van der Waals surface area (Å²) in [7, 11) is 2.24. The zero-order chi connectivity index (χ0) is 31.6. The number of nitrogens with zero attached hydrogens (tertiary/aromatic N) is 2. The van der Waals surface area contributed by atoms with Gasteiger partial charge in [0.15, 0.2) is 0 Å². The SMILES string of the molecule is CCCCCCCCCCCCCCCCCCCc1n(C)cc[n+]1CCCCCCCCCCCCCCCCCCC. The lowest BCUT2D eigenvalue weighted by atomic mass is 10.0. The first kappa shape index (κ1) is 41.2. The van der Waals surface area contributed by atoms with Crippen LogP contribution in [0.25, 0.3) is 0 Å². The second-order valence-electron chi connectivity index (χ2n) is 14.6. The van der Waals surface area contributed by atoms with Gasteiger partial charge in [-0.1, -0.05) is 213 Å². The van der Waals surface area contributed by atoms with Gasteiger partial charge < -0.3 is 0 Å². The lowest BCUT2D eigenvalue weighted by Crippen LogP contribution is -2.37. The van der Waals surface area contributed by atoms with Crippen LogP contribution in [0.1, 0.15) is 238 Å². The Labute approximate surface area is 279 Å². The van der Waals surface area contributed by atoms with E-state index in [-0.39, 0.29) is 0 Å². The molecule has 0 fully saturated rings. The molecule has 44 heavy (non-hydrogen) atoms. The number of unbranched alkanes of at least 4 members (excludes halogenated alkanes) is 32. The van der Waals surface area contributed by atoms with Crippen molar-refractivity contribution in [3.63, 3.8) is 0 Å². The fourth-order valence-corrected chi connectivity index (χ4v) is 7.09. The van der Waals surface area contributed by atoms with E-state index < -0.39 is 0 Å². The number of aromatic nitrogens is 2. The molecule has 0 aliphatic rings. The molecule has 0 saturated heterocycles. The second-order valence-corrected chi connectivity index (χ2v) is 14.6. The largest absolute Gasteiger partial charge is 0.256 e. The molecule has 0 unspecified atom stereocenters. The Kier molecular flexibility index (Phi) is 31.5. The summed E-state index contributed by atoms with van der Waals surface area (Å²) in [5, 5.41) is 0. The van der Waals surface area contributed by atoms with Crippen molar-refractivity contribution in [3.05, 3.63) is 18.2 Å². The quantitative estimate of drug-likeness (QED) is 0.0524. The van der Waals surface area contributed by atoms with Crippen molar-refractivity contribution < 1.29 is 4.57 Å². The molecule has 0 aromatic carbocycles. The molecule has 1 rings (SSSR count). The van der Waals surface area contributed by atoms with Gasteiger partial charge in [-0.2, -0.15) is 0 Å². The zero-order valence-electron chi connectivity index (χ0n) is 31.0. The van der Waals surface area contributed by atoms with Crippen molar-refractivity contribution >= 4 is 0 Å². The van der Waals surface area contributed by atoms with Crippen LogP contribution in [0.3, 0.4) is 0 Å². The smallest absolute Gasteiger partial charge is 0.237 e. The monoisotopic (exact) mass is 616 g/mol. The fraction of sp³-hybridized carbons (Fsp3) is 0.929. The molecule has 0 atom stereocenters. The number of imidazole rings is 1. The molecule has 0 amide bonds. The van der Waals surface area contributed by atoms with Gasteiger partial charge in [0.05, 0.1) is 13.6 Å². The van der Waals surface area contributed by atoms with E-state index in [1.54, 1.807) is 5.82 Å². The van der Waals surface area contributed by atoms with Gasteiger partial charge >= 0.3 is 0 Å². The summed E-state index contributed by atoms with van der Waals surface area (Å²) in [6.07, 6.45) is 55.1. The second kappa shape index (κ2) is 33.6. The average molecular weight is 616 g/mol. The van der Waals surface area contributed by atoms with Crippen molar-refractivity contribution in [2.24, 2.45) is 7.05 Å². The fourth-order valence-electron chi connectivity index (χ4n) is 7.09. The topological polar surface area (TPSA) is 8.81 Å². The number of hydrogen-bond acceptors (Lipinski definition) is 0. The van der Waals surface area contributed by atoms with Crippen LogP contribution in [-0.4, -0.2) is 4.57 Å². The van der Waals surface area contributed by atoms with Crippen LogP contribution >= 0.6 is 0 Å². The van der Waals surface area contributed by atoms with Crippen LogP contribution in [0, 0.1) is 0 Å². The standard InChI is InChI=1S/C42H83N2/c1-4-6-8-10-12-14-16-18-20-22-24-26-28-30-32-34-36-38-42-43(3)40-41-44(42)39-37-35-33-31-29-27-25-23-21-19-17-15-13-11-9-7-5-2/h40-41H,4-39H2,1-3H3/q+1. The van der Waals surface area contributed by atoms with Crippen LogP contribution in [0.2, 0.25) is 0 Å². The molecule has 260 valence electrons. The highest BCUT2D eigenvalue weighted by molar-refractivity contribution is 4.82. The summed E-state index contributed by atoms with van der Waals surface area (Å²) in [5.74, 6) is 1.54.